The Morgan fingerprint density at radius 3 is 2.70 bits per heavy atom. The van der Waals surface area contributed by atoms with Gasteiger partial charge >= 0.3 is 5.97 Å². The molecule has 0 aromatic heterocycles. The van der Waals surface area contributed by atoms with E-state index in [1.54, 1.807) is 6.08 Å². The molecule has 0 aromatic rings. The molecule has 0 amide bonds. The predicted molar refractivity (Wildman–Crippen MR) is 39.8 cm³/mol. The summed E-state index contributed by atoms with van der Waals surface area (Å²) in [7, 11) is 0. The third-order valence-electron chi connectivity index (χ3n) is 0.930. The minimum Gasteiger partial charge on any atom is -0.478 e. The van der Waals surface area contributed by atoms with Crippen molar-refractivity contribution in [3.63, 3.8) is 0 Å². The molecule has 56 valence electrons. The Kier molecular flexibility index (Phi) is 4.24. The Bertz CT molecular complexity index is 152. The zero-order chi connectivity index (χ0) is 7.98. The molecule has 0 spiro atoms. The van der Waals surface area contributed by atoms with Crippen LogP contribution < -0.4 is 5.32 Å². The molecular weight excluding hydrogens is 130 g/mol. The van der Waals surface area contributed by atoms with Crippen molar-refractivity contribution in [1.29, 1.82) is 0 Å². The highest BCUT2D eigenvalue weighted by molar-refractivity contribution is 5.86. The van der Waals surface area contributed by atoms with Gasteiger partial charge in [-0.2, -0.15) is 0 Å². The van der Waals surface area contributed by atoms with Gasteiger partial charge in [-0.15, -0.1) is 6.58 Å². The van der Waals surface area contributed by atoms with Gasteiger partial charge in [-0.3, -0.25) is 0 Å². The van der Waals surface area contributed by atoms with Crippen LogP contribution in [0.1, 0.15) is 0 Å². The molecule has 0 aliphatic heterocycles. The van der Waals surface area contributed by atoms with Crippen LogP contribution in [0.3, 0.4) is 0 Å². The number of hydrogen-bond acceptors (Lipinski definition) is 2. The van der Waals surface area contributed by atoms with E-state index in [9.17, 15) is 4.79 Å². The van der Waals surface area contributed by atoms with Crippen LogP contribution in [0.5, 0.6) is 0 Å². The van der Waals surface area contributed by atoms with Crippen LogP contribution >= 0.6 is 0 Å². The molecule has 0 bridgehead atoms. The second-order valence-electron chi connectivity index (χ2n) is 1.83. The van der Waals surface area contributed by atoms with Crippen LogP contribution in [-0.2, 0) is 4.79 Å². The molecule has 0 rings (SSSR count). The summed E-state index contributed by atoms with van der Waals surface area (Å²) in [6.45, 7) is 7.70. The predicted octanol–water partition coefficient (Wildman–Crippen LogP) is 0.403. The lowest BCUT2D eigenvalue weighted by Crippen LogP contribution is -2.20. The van der Waals surface area contributed by atoms with E-state index < -0.39 is 5.97 Å². The Hall–Kier alpha value is -1.09. The molecule has 0 aromatic carbocycles. The van der Waals surface area contributed by atoms with Crippen LogP contribution in [0, 0.1) is 0 Å². The molecule has 0 unspecified atom stereocenters. The number of nitrogens with one attached hydrogen (secondary N) is 1. The summed E-state index contributed by atoms with van der Waals surface area (Å²) < 4.78 is 0. The lowest BCUT2D eigenvalue weighted by molar-refractivity contribution is -0.132. The van der Waals surface area contributed by atoms with Gasteiger partial charge in [0.05, 0.1) is 0 Å². The SMILES string of the molecule is C=CCNCC(=C)C(=O)O. The van der Waals surface area contributed by atoms with E-state index in [-0.39, 0.29) is 5.57 Å². The van der Waals surface area contributed by atoms with E-state index in [4.69, 9.17) is 5.11 Å². The van der Waals surface area contributed by atoms with E-state index in [0.29, 0.717) is 13.1 Å². The van der Waals surface area contributed by atoms with Gasteiger partial charge in [0.25, 0.3) is 0 Å². The number of carboxylic acids is 1. The van der Waals surface area contributed by atoms with E-state index in [2.05, 4.69) is 18.5 Å². The molecule has 0 radical (unpaired) electrons. The second-order valence-corrected chi connectivity index (χ2v) is 1.83. The largest absolute Gasteiger partial charge is 0.478 e. The number of hydrogen-bond donors (Lipinski definition) is 2. The highest BCUT2D eigenvalue weighted by Crippen LogP contribution is 1.84. The average molecular weight is 141 g/mol. The molecule has 0 aliphatic carbocycles. The fourth-order valence-electron chi connectivity index (χ4n) is 0.401. The normalized spacial score (nSPS) is 8.80. The monoisotopic (exact) mass is 141 g/mol. The van der Waals surface area contributed by atoms with Gasteiger partial charge in [0.2, 0.25) is 0 Å². The number of aliphatic carboxylic acids is 1. The lowest BCUT2D eigenvalue weighted by Gasteiger charge is -1.98. The molecular formula is C7H11NO2. The van der Waals surface area contributed by atoms with E-state index in [0.717, 1.165) is 0 Å². The molecule has 3 heteroatoms. The summed E-state index contributed by atoms with van der Waals surface area (Å²) in [4.78, 5) is 10.1. The summed E-state index contributed by atoms with van der Waals surface area (Å²) >= 11 is 0. The first-order valence-electron chi connectivity index (χ1n) is 2.91. The topological polar surface area (TPSA) is 49.3 Å². The zero-order valence-electron chi connectivity index (χ0n) is 5.76. The first kappa shape index (κ1) is 8.91. The van der Waals surface area contributed by atoms with Gasteiger partial charge in [-0.1, -0.05) is 12.7 Å². The van der Waals surface area contributed by atoms with Crippen LogP contribution in [0.25, 0.3) is 0 Å². The molecule has 0 aliphatic rings. The summed E-state index contributed by atoms with van der Waals surface area (Å²) in [5.74, 6) is -0.962. The lowest BCUT2D eigenvalue weighted by atomic mass is 10.3. The van der Waals surface area contributed by atoms with Crippen LogP contribution in [-0.4, -0.2) is 24.2 Å². The zero-order valence-corrected chi connectivity index (χ0v) is 5.76. The van der Waals surface area contributed by atoms with Crippen molar-refractivity contribution >= 4 is 5.97 Å². The maximum atomic E-state index is 10.1. The van der Waals surface area contributed by atoms with Crippen molar-refractivity contribution in [2.24, 2.45) is 0 Å². The third kappa shape index (κ3) is 3.86. The Balaban J connectivity index is 3.40. The van der Waals surface area contributed by atoms with E-state index in [1.807, 2.05) is 0 Å². The minimum atomic E-state index is -0.962. The first-order chi connectivity index (χ1) is 4.68. The van der Waals surface area contributed by atoms with Gasteiger partial charge < -0.3 is 10.4 Å². The average Bonchev–Trinajstić information content (AvgIpc) is 1.88. The molecule has 0 saturated carbocycles. The summed E-state index contributed by atoms with van der Waals surface area (Å²) in [5, 5.41) is 11.1. The highest BCUT2D eigenvalue weighted by Gasteiger charge is 2.00. The maximum absolute atomic E-state index is 10.1. The molecule has 0 fully saturated rings. The highest BCUT2D eigenvalue weighted by atomic mass is 16.4. The Morgan fingerprint density at radius 2 is 2.30 bits per heavy atom. The fourth-order valence-corrected chi connectivity index (χ4v) is 0.401. The molecule has 0 atom stereocenters. The van der Waals surface area contributed by atoms with Crippen LogP contribution in [0.15, 0.2) is 24.8 Å². The van der Waals surface area contributed by atoms with Gasteiger partial charge in [0.15, 0.2) is 0 Å². The molecule has 10 heavy (non-hydrogen) atoms. The number of carboxylic acid groups (broad SMARTS) is 1. The van der Waals surface area contributed by atoms with Crippen molar-refractivity contribution in [3.05, 3.63) is 24.8 Å². The van der Waals surface area contributed by atoms with Crippen molar-refractivity contribution in [2.75, 3.05) is 13.1 Å². The first-order valence-corrected chi connectivity index (χ1v) is 2.91. The molecule has 0 heterocycles. The van der Waals surface area contributed by atoms with Gasteiger partial charge in [0, 0.05) is 18.7 Å². The van der Waals surface area contributed by atoms with Crippen molar-refractivity contribution in [3.8, 4) is 0 Å². The summed E-state index contributed by atoms with van der Waals surface area (Å²) in [5.41, 5.74) is 0.168. The molecule has 3 nitrogen and oxygen atoms in total. The second kappa shape index (κ2) is 4.76. The van der Waals surface area contributed by atoms with Crippen molar-refractivity contribution in [2.45, 2.75) is 0 Å². The van der Waals surface area contributed by atoms with E-state index in [1.165, 1.54) is 0 Å². The van der Waals surface area contributed by atoms with Crippen molar-refractivity contribution < 1.29 is 9.90 Å². The number of carbonyl (C=O) groups is 1. The maximum Gasteiger partial charge on any atom is 0.332 e. The van der Waals surface area contributed by atoms with Crippen molar-refractivity contribution in [1.82, 2.24) is 5.32 Å². The fraction of sp³-hybridized carbons (Fsp3) is 0.286. The third-order valence-corrected chi connectivity index (χ3v) is 0.930. The Morgan fingerprint density at radius 1 is 1.70 bits per heavy atom. The Labute approximate surface area is 60.1 Å². The minimum absolute atomic E-state index is 0.168. The van der Waals surface area contributed by atoms with Crippen LogP contribution in [0.4, 0.5) is 0 Å². The van der Waals surface area contributed by atoms with Gasteiger partial charge in [-0.05, 0) is 0 Å². The number of rotatable bonds is 5. The van der Waals surface area contributed by atoms with Gasteiger partial charge in [-0.25, -0.2) is 4.79 Å². The molecule has 0 saturated heterocycles. The van der Waals surface area contributed by atoms with Crippen LogP contribution in [0.2, 0.25) is 0 Å². The summed E-state index contributed by atoms with van der Waals surface area (Å²) in [6.07, 6.45) is 1.66. The van der Waals surface area contributed by atoms with Gasteiger partial charge in [0.1, 0.15) is 0 Å². The molecule has 2 N–H and O–H groups in total. The summed E-state index contributed by atoms with van der Waals surface area (Å²) in [6, 6.07) is 0. The smallest absolute Gasteiger partial charge is 0.332 e. The quantitative estimate of drug-likeness (QED) is 0.331. The van der Waals surface area contributed by atoms with E-state index >= 15 is 0 Å². The standard InChI is InChI=1S/C7H11NO2/c1-3-4-8-5-6(2)7(9)10/h3,8H,1-2,4-5H2,(H,9,10).